The third-order valence-corrected chi connectivity index (χ3v) is 19.6. The number of anilines is 4. The minimum absolute atomic E-state index is 0. The van der Waals surface area contributed by atoms with Crippen LogP contribution in [0.5, 0.6) is 81.4 Å². The summed E-state index contributed by atoms with van der Waals surface area (Å²) in [6.45, 7) is -0.181. The summed E-state index contributed by atoms with van der Waals surface area (Å²) in [7, 11) is 12.0. The van der Waals surface area contributed by atoms with Crippen LogP contribution >= 0.6 is 58.0 Å². The number of benzene rings is 2. The number of aliphatic carboxylic acids is 1. The van der Waals surface area contributed by atoms with E-state index in [2.05, 4.69) is 80.6 Å². The van der Waals surface area contributed by atoms with Crippen LogP contribution in [0.25, 0.3) is 44.1 Å². The number of amides is 3. The second-order valence-electron chi connectivity index (χ2n) is 26.4. The van der Waals surface area contributed by atoms with Crippen molar-refractivity contribution in [1.82, 2.24) is 59.8 Å². The number of hydrogen-bond acceptors (Lipinski definition) is 35. The van der Waals surface area contributed by atoms with Crippen molar-refractivity contribution in [2.45, 2.75) is 25.7 Å². The standard InChI is InChI=1S/C26H21ClFN5O5.C15H11ClN4O5.C15H13ClN4O3.C11H10FNO3.C10H10N2O3.C5H2Cl2N2O2.CH2O3.2Cs.H/c1-36-20-12-18-21(33-23(20)37-2)19(7-10-29-18)38-22-17(27)11-16(13-30-22)32-25(35)26(8-9-26)24(34)31-15-5-3-14(28)4-6-15;1-23-12-6-10-13(19-15(12)24-2)11(3-4-17-10)25-14-9(16)5-8(7-18-14)20(21)22;1-21-12-6-10-13(20-15(12)22-2)11(3-4-18-10)23-14-9(16)5-8(17)7-19-14;12-7-1-3-8(4-2-7)13-9(14)11(5-6-11)10(15)16;1-14-8-5-6-9(12-10(8)15-2)7(13)3-4-11-6;6-4-1-3(9(10)11)2-8-5(4)7;2-1-4-3;;;/h3-7,10-13H,8-9H2,1-2H3,(H,31,34)(H,32,35);3-7H,1-2H3;3-7H,17H2,1-2H3;1-4H,5-6H2,(H,13,14)(H,15,16);3-5H,1-2H3,(H,11,13);1-2H;1,3H;;;/q;;;;;;;2*+1;-1/p-1. The van der Waals surface area contributed by atoms with Gasteiger partial charge in [-0.1, -0.05) is 58.0 Å². The number of nitrogens with two attached hydrogens (primary N) is 1. The normalized spacial score (nSPS) is 11.7. The molecule has 0 radical (unpaired) electrons. The number of nitro groups is 2. The van der Waals surface area contributed by atoms with Gasteiger partial charge in [0.05, 0.1) is 118 Å². The summed E-state index contributed by atoms with van der Waals surface area (Å²) in [4.78, 5) is 139. The Labute approximate surface area is 898 Å². The molecule has 51 heteroatoms. The molecule has 16 rings (SSSR count). The average molecular weight is 2180 g/mol. The molecular formula is C83H69Cl5Cs2F2N18O24. The van der Waals surface area contributed by atoms with E-state index in [1.165, 1.54) is 136 Å². The first kappa shape index (κ1) is 108. The fraction of sp³-hybridized carbons (Fsp3) is 0.169. The maximum Gasteiger partial charge on any atom is 1.00 e. The Hall–Kier alpha value is -11.8. The summed E-state index contributed by atoms with van der Waals surface area (Å²) >= 11 is 29.4. The number of fused-ring (bicyclic) bond motifs is 4. The van der Waals surface area contributed by atoms with Gasteiger partial charge in [0.1, 0.15) is 77.1 Å². The molecule has 0 unspecified atom stereocenters. The fourth-order valence-corrected chi connectivity index (χ4v) is 12.1. The largest absolute Gasteiger partial charge is 1.00 e. The van der Waals surface area contributed by atoms with Gasteiger partial charge in [0.2, 0.25) is 40.8 Å². The van der Waals surface area contributed by atoms with Crippen LogP contribution in [0.2, 0.25) is 25.2 Å². The van der Waals surface area contributed by atoms with Crippen molar-refractivity contribution in [1.29, 1.82) is 0 Å². The maximum absolute atomic E-state index is 13.1. The van der Waals surface area contributed by atoms with E-state index in [1.54, 1.807) is 67.1 Å². The molecule has 686 valence electrons. The Kier molecular flexibility index (Phi) is 40.5. The van der Waals surface area contributed by atoms with Crippen molar-refractivity contribution < 1.29 is 249 Å². The molecule has 2 saturated carbocycles. The summed E-state index contributed by atoms with van der Waals surface area (Å²) in [6, 6.07) is 28.8. The predicted octanol–water partition coefficient (Wildman–Crippen LogP) is 8.87. The molecule has 134 heavy (non-hydrogen) atoms. The molecular weight excluding hydrogens is 2110 g/mol. The number of carbonyl (C=O) groups excluding carboxylic acids is 4. The minimum atomic E-state index is -1.27. The van der Waals surface area contributed by atoms with Gasteiger partial charge in [-0.25, -0.2) is 48.7 Å². The topological polar surface area (TPSA) is 562 Å². The fourth-order valence-electron chi connectivity index (χ4n) is 11.2. The van der Waals surface area contributed by atoms with Crippen molar-refractivity contribution in [2.75, 3.05) is 78.6 Å². The third kappa shape index (κ3) is 28.0. The zero-order chi connectivity index (χ0) is 95.7. The number of hydrogen-bond donors (Lipinski definition) is 6. The number of nitrogens with one attached hydrogen (secondary N) is 4. The van der Waals surface area contributed by atoms with Gasteiger partial charge in [0.15, 0.2) is 40.2 Å². The number of halogens is 7. The van der Waals surface area contributed by atoms with Crippen LogP contribution in [0.4, 0.5) is 42.9 Å². The van der Waals surface area contributed by atoms with Gasteiger partial charge >= 0.3 is 144 Å². The van der Waals surface area contributed by atoms with Gasteiger partial charge in [-0.2, -0.15) is 0 Å². The van der Waals surface area contributed by atoms with Crippen LogP contribution in [-0.2, 0) is 28.9 Å². The predicted molar refractivity (Wildman–Crippen MR) is 471 cm³/mol. The second kappa shape index (κ2) is 50.5. The number of aromatic amines is 1. The van der Waals surface area contributed by atoms with E-state index in [1.807, 2.05) is 0 Å². The molecule has 7 N–H and O–H groups in total. The maximum atomic E-state index is 13.1. The number of nitrogen functional groups attached to an aromatic ring is 1. The molecule has 42 nitrogen and oxygen atoms in total. The Bertz CT molecular complexity index is 6710. The summed E-state index contributed by atoms with van der Waals surface area (Å²) in [5.74, 6) is 0.930. The number of carbonyl (C=O) groups is 5. The van der Waals surface area contributed by atoms with Crippen LogP contribution in [0.1, 0.15) is 27.1 Å². The van der Waals surface area contributed by atoms with E-state index in [-0.39, 0.29) is 218 Å². The molecule has 0 saturated heterocycles. The number of pyridine rings is 12. The van der Waals surface area contributed by atoms with E-state index in [0.29, 0.717) is 144 Å². The number of aromatic nitrogens is 12. The van der Waals surface area contributed by atoms with Crippen LogP contribution in [0.15, 0.2) is 176 Å². The molecule has 2 aliphatic rings. The van der Waals surface area contributed by atoms with Crippen molar-refractivity contribution in [2.24, 2.45) is 10.8 Å². The number of ether oxygens (including phenoxy) is 11. The Morgan fingerprint density at radius 1 is 0.455 bits per heavy atom. The molecule has 2 aromatic carbocycles. The molecule has 14 aromatic rings. The van der Waals surface area contributed by atoms with Crippen molar-refractivity contribution in [3.63, 3.8) is 0 Å². The van der Waals surface area contributed by atoms with E-state index in [9.17, 15) is 53.0 Å². The number of nitrogens with zero attached hydrogens (tertiary/aromatic N) is 13. The first-order valence-electron chi connectivity index (χ1n) is 37.3. The molecule has 0 bridgehead atoms. The monoisotopic (exact) mass is 2180 g/mol. The number of carboxylic acid groups (broad SMARTS) is 1. The average Bonchev–Trinajstić information content (AvgIpc) is 1.61. The van der Waals surface area contributed by atoms with Gasteiger partial charge in [0, 0.05) is 96.8 Å². The minimum Gasteiger partial charge on any atom is -1.00 e. The molecule has 3 amide bonds. The van der Waals surface area contributed by atoms with Gasteiger partial charge in [-0.3, -0.25) is 63.9 Å². The molecule has 0 spiro atoms. The summed E-state index contributed by atoms with van der Waals surface area (Å²) in [5.41, 5.74) is 8.00. The van der Waals surface area contributed by atoms with Crippen molar-refractivity contribution in [3.8, 4) is 81.4 Å². The van der Waals surface area contributed by atoms with E-state index >= 15 is 0 Å². The van der Waals surface area contributed by atoms with E-state index in [4.69, 9.17) is 131 Å². The van der Waals surface area contributed by atoms with Crippen molar-refractivity contribution >= 4 is 166 Å². The SMILES string of the molecule is COc1cc2[nH]ccc(=O)c2nc1OC.COc1cc2nccc(Oc3ncc(N)cc3Cl)c2nc1OC.COc1cc2nccc(Oc3ncc(NC(=O)C4(C(=O)Nc5ccc(F)cc5)CC4)cc3Cl)c2nc1OC.COc1cc2nccc(Oc3ncc([N+](=O)[O-])cc3Cl)c2nc1OC.O=C(O)C1(C(=O)Nc2ccc(F)cc2)CC1.O=CO[O-].O=[N+]([O-])c1cnc(Cl)c(Cl)c1.[Cs+].[Cs+].[H-]. The van der Waals surface area contributed by atoms with Gasteiger partial charge in [0.25, 0.3) is 41.4 Å². The first-order chi connectivity index (χ1) is 63.3. The summed E-state index contributed by atoms with van der Waals surface area (Å²) < 4.78 is 84.5. The molecule has 0 aliphatic heterocycles. The number of carboxylic acids is 1. The Morgan fingerprint density at radius 3 is 1.16 bits per heavy atom. The molecule has 12 heterocycles. The zero-order valence-electron chi connectivity index (χ0n) is 72.4. The number of H-pyrrole nitrogens is 1. The molecule has 0 atom stereocenters. The summed E-state index contributed by atoms with van der Waals surface area (Å²) in [5, 5.41) is 46.6. The molecule has 2 fully saturated rings. The van der Waals surface area contributed by atoms with Crippen LogP contribution < -0.4 is 222 Å². The summed E-state index contributed by atoms with van der Waals surface area (Å²) in [6.07, 6.45) is 12.6. The number of methoxy groups -OCH3 is 8. The van der Waals surface area contributed by atoms with Crippen molar-refractivity contribution in [3.05, 3.63) is 238 Å². The van der Waals surface area contributed by atoms with E-state index < -0.39 is 56.0 Å². The zero-order valence-corrected chi connectivity index (χ0v) is 87.8. The Balaban J connectivity index is 0.000000227. The quantitative estimate of drug-likeness (QED) is 0.00820. The third-order valence-electron chi connectivity index (χ3n) is 18.1. The van der Waals surface area contributed by atoms with Gasteiger partial charge in [-0.05, 0) is 86.3 Å². The first-order valence-corrected chi connectivity index (χ1v) is 39.2. The number of rotatable bonds is 24. The van der Waals surface area contributed by atoms with Gasteiger partial charge < -0.3 is 95.5 Å². The van der Waals surface area contributed by atoms with Crippen LogP contribution in [-0.4, -0.2) is 162 Å². The van der Waals surface area contributed by atoms with Crippen LogP contribution in [0, 0.1) is 42.7 Å². The van der Waals surface area contributed by atoms with E-state index in [0.717, 1.165) is 24.5 Å². The molecule has 2 aliphatic carbocycles. The molecule has 12 aromatic heterocycles. The Morgan fingerprint density at radius 2 is 0.806 bits per heavy atom. The second-order valence-corrected chi connectivity index (χ2v) is 28.4. The van der Waals surface area contributed by atoms with Gasteiger partial charge in [-0.15, -0.1) is 0 Å². The smallest absolute Gasteiger partial charge is 1.00 e. The van der Waals surface area contributed by atoms with Crippen LogP contribution in [0.3, 0.4) is 0 Å².